The molecule has 0 aliphatic carbocycles. The lowest BCUT2D eigenvalue weighted by molar-refractivity contribution is -0.384. The predicted octanol–water partition coefficient (Wildman–Crippen LogP) is 3.15. The summed E-state index contributed by atoms with van der Waals surface area (Å²) in [5, 5.41) is 10.7. The summed E-state index contributed by atoms with van der Waals surface area (Å²) in [6, 6.07) is 12.9. The Hall–Kier alpha value is -3.61. The Kier molecular flexibility index (Phi) is 6.10. The normalized spacial score (nSPS) is 10.9. The molecule has 0 fully saturated rings. The summed E-state index contributed by atoms with van der Waals surface area (Å²) < 4.78 is 4.86. The van der Waals surface area contributed by atoms with Crippen LogP contribution in [-0.4, -0.2) is 29.1 Å². The van der Waals surface area contributed by atoms with E-state index < -0.39 is 28.0 Å². The number of nitro benzene ring substituents is 1. The van der Waals surface area contributed by atoms with Crippen molar-refractivity contribution in [3.05, 3.63) is 87.5 Å². The predicted molar refractivity (Wildman–Crippen MR) is 92.9 cm³/mol. The average molecular weight is 353 g/mol. The summed E-state index contributed by atoms with van der Waals surface area (Å²) >= 11 is 0. The third-order valence-electron chi connectivity index (χ3n) is 3.41. The fourth-order valence-electron chi connectivity index (χ4n) is 2.13. The number of ether oxygens (including phenoxy) is 1. The summed E-state index contributed by atoms with van der Waals surface area (Å²) in [5.74, 6) is -2.20. The van der Waals surface area contributed by atoms with Crippen LogP contribution in [0, 0.1) is 10.1 Å². The zero-order valence-corrected chi connectivity index (χ0v) is 13.9. The standard InChI is InChI=1S/C19H15NO6/c1-2-26-19(23)16(12-17(21)13-6-4-3-5-7-13)18(22)14-8-10-15(11-9-14)20(24)25/h3-12H,2H2,1H3/b16-12+. The number of hydrogen-bond donors (Lipinski definition) is 0. The van der Waals surface area contributed by atoms with E-state index in [0.717, 1.165) is 18.2 Å². The van der Waals surface area contributed by atoms with E-state index in [2.05, 4.69) is 0 Å². The highest BCUT2D eigenvalue weighted by molar-refractivity contribution is 6.27. The Balaban J connectivity index is 2.39. The first-order chi connectivity index (χ1) is 12.4. The first-order valence-electron chi connectivity index (χ1n) is 7.71. The number of nitrogens with zero attached hydrogens (tertiary/aromatic N) is 1. The molecule has 0 radical (unpaired) electrons. The second-order valence-corrected chi connectivity index (χ2v) is 5.14. The van der Waals surface area contributed by atoms with Crippen molar-refractivity contribution in [2.24, 2.45) is 0 Å². The number of esters is 1. The van der Waals surface area contributed by atoms with Gasteiger partial charge in [-0.25, -0.2) is 4.79 Å². The van der Waals surface area contributed by atoms with Crippen LogP contribution >= 0.6 is 0 Å². The van der Waals surface area contributed by atoms with Crippen LogP contribution in [0.2, 0.25) is 0 Å². The highest BCUT2D eigenvalue weighted by Crippen LogP contribution is 2.16. The number of carbonyl (C=O) groups excluding carboxylic acids is 3. The number of nitro groups is 1. The van der Waals surface area contributed by atoms with Gasteiger partial charge in [-0.3, -0.25) is 19.7 Å². The maximum atomic E-state index is 12.6. The van der Waals surface area contributed by atoms with E-state index in [4.69, 9.17) is 4.74 Å². The van der Waals surface area contributed by atoms with Gasteiger partial charge in [0.25, 0.3) is 5.69 Å². The van der Waals surface area contributed by atoms with Crippen molar-refractivity contribution in [1.82, 2.24) is 0 Å². The lowest BCUT2D eigenvalue weighted by Gasteiger charge is -2.06. The van der Waals surface area contributed by atoms with Crippen molar-refractivity contribution < 1.29 is 24.0 Å². The molecule has 26 heavy (non-hydrogen) atoms. The minimum absolute atomic E-state index is 0.0310. The molecule has 0 bridgehead atoms. The van der Waals surface area contributed by atoms with Gasteiger partial charge in [0, 0.05) is 29.3 Å². The largest absolute Gasteiger partial charge is 0.462 e. The molecule has 0 atom stereocenters. The molecule has 0 aliphatic rings. The fraction of sp³-hybridized carbons (Fsp3) is 0.105. The van der Waals surface area contributed by atoms with Crippen molar-refractivity contribution in [3.63, 3.8) is 0 Å². The number of ketones is 2. The summed E-state index contributed by atoms with van der Waals surface area (Å²) in [4.78, 5) is 47.2. The van der Waals surface area contributed by atoms with Gasteiger partial charge in [0.05, 0.1) is 11.5 Å². The highest BCUT2D eigenvalue weighted by Gasteiger charge is 2.23. The van der Waals surface area contributed by atoms with Gasteiger partial charge in [0.2, 0.25) is 0 Å². The quantitative estimate of drug-likeness (QED) is 0.144. The molecule has 2 aromatic carbocycles. The van der Waals surface area contributed by atoms with Crippen LogP contribution in [0.25, 0.3) is 0 Å². The Morgan fingerprint density at radius 1 is 1.00 bits per heavy atom. The number of hydrogen-bond acceptors (Lipinski definition) is 6. The third kappa shape index (κ3) is 4.47. The SMILES string of the molecule is CCOC(=O)/C(=C/C(=O)c1ccccc1)C(=O)c1ccc([N+](=O)[O-])cc1. The molecule has 7 nitrogen and oxygen atoms in total. The molecule has 0 saturated heterocycles. The van der Waals surface area contributed by atoms with Gasteiger partial charge in [0.15, 0.2) is 11.6 Å². The maximum Gasteiger partial charge on any atom is 0.342 e. The van der Waals surface area contributed by atoms with Gasteiger partial charge in [-0.05, 0) is 19.1 Å². The maximum absolute atomic E-state index is 12.6. The summed E-state index contributed by atoms with van der Waals surface area (Å²) in [6.45, 7) is 1.61. The van der Waals surface area contributed by atoms with Crippen molar-refractivity contribution in [1.29, 1.82) is 0 Å². The van der Waals surface area contributed by atoms with E-state index in [-0.39, 0.29) is 17.9 Å². The molecule has 2 rings (SSSR count). The molecule has 132 valence electrons. The topological polar surface area (TPSA) is 104 Å². The molecule has 0 unspecified atom stereocenters. The third-order valence-corrected chi connectivity index (χ3v) is 3.41. The van der Waals surface area contributed by atoms with Gasteiger partial charge in [-0.2, -0.15) is 0 Å². The Bertz CT molecular complexity index is 869. The second-order valence-electron chi connectivity index (χ2n) is 5.14. The van der Waals surface area contributed by atoms with Gasteiger partial charge in [-0.1, -0.05) is 30.3 Å². The molecule has 0 aliphatic heterocycles. The van der Waals surface area contributed by atoms with Crippen molar-refractivity contribution in [2.75, 3.05) is 6.61 Å². The lowest BCUT2D eigenvalue weighted by Crippen LogP contribution is -2.18. The summed E-state index contributed by atoms with van der Waals surface area (Å²) in [7, 11) is 0. The second kappa shape index (κ2) is 8.48. The fourth-order valence-corrected chi connectivity index (χ4v) is 2.13. The molecule has 2 aromatic rings. The Morgan fingerprint density at radius 2 is 1.62 bits per heavy atom. The first-order valence-corrected chi connectivity index (χ1v) is 7.71. The van der Waals surface area contributed by atoms with E-state index >= 15 is 0 Å². The number of benzene rings is 2. The van der Waals surface area contributed by atoms with Gasteiger partial charge in [0.1, 0.15) is 5.57 Å². The van der Waals surface area contributed by atoms with Crippen molar-refractivity contribution in [3.8, 4) is 0 Å². The number of allylic oxidation sites excluding steroid dienone is 1. The molecule has 0 N–H and O–H groups in total. The Morgan fingerprint density at radius 3 is 2.15 bits per heavy atom. The van der Waals surface area contributed by atoms with Crippen LogP contribution in [0.1, 0.15) is 27.6 Å². The van der Waals surface area contributed by atoms with E-state index in [1.807, 2.05) is 0 Å². The number of rotatable bonds is 7. The molecular weight excluding hydrogens is 338 g/mol. The molecule has 0 amide bonds. The minimum atomic E-state index is -0.930. The molecule has 0 spiro atoms. The van der Waals surface area contributed by atoms with Crippen LogP contribution in [0.5, 0.6) is 0 Å². The number of carbonyl (C=O) groups is 3. The molecule has 0 saturated carbocycles. The molecule has 0 aromatic heterocycles. The smallest absolute Gasteiger partial charge is 0.342 e. The van der Waals surface area contributed by atoms with Crippen LogP contribution in [-0.2, 0) is 9.53 Å². The number of Topliss-reactive ketones (excluding diaryl/α,β-unsaturated/α-hetero) is 1. The zero-order valence-electron chi connectivity index (χ0n) is 13.9. The van der Waals surface area contributed by atoms with E-state index in [1.54, 1.807) is 37.3 Å². The summed E-state index contributed by atoms with van der Waals surface area (Å²) in [6.07, 6.45) is 0.928. The first kappa shape index (κ1) is 18.7. The highest BCUT2D eigenvalue weighted by atomic mass is 16.6. The van der Waals surface area contributed by atoms with Crippen LogP contribution in [0.3, 0.4) is 0 Å². The summed E-state index contributed by atoms with van der Waals surface area (Å²) in [5.41, 5.74) is -0.278. The van der Waals surface area contributed by atoms with Crippen molar-refractivity contribution >= 4 is 23.2 Å². The zero-order chi connectivity index (χ0) is 19.1. The van der Waals surface area contributed by atoms with Crippen molar-refractivity contribution in [2.45, 2.75) is 6.92 Å². The van der Waals surface area contributed by atoms with Gasteiger partial charge in [-0.15, -0.1) is 0 Å². The minimum Gasteiger partial charge on any atom is -0.462 e. The number of non-ortho nitro benzene ring substituents is 1. The Labute approximate surface area is 149 Å². The molecule has 0 heterocycles. The van der Waals surface area contributed by atoms with Crippen LogP contribution in [0.4, 0.5) is 5.69 Å². The molecular formula is C19H15NO6. The van der Waals surface area contributed by atoms with E-state index in [1.165, 1.54) is 12.1 Å². The van der Waals surface area contributed by atoms with E-state index in [0.29, 0.717) is 5.56 Å². The lowest BCUT2D eigenvalue weighted by atomic mass is 10.00. The van der Waals surface area contributed by atoms with Gasteiger partial charge >= 0.3 is 5.97 Å². The monoisotopic (exact) mass is 353 g/mol. The van der Waals surface area contributed by atoms with Crippen LogP contribution < -0.4 is 0 Å². The van der Waals surface area contributed by atoms with Crippen LogP contribution in [0.15, 0.2) is 66.2 Å². The average Bonchev–Trinajstić information content (AvgIpc) is 2.66. The van der Waals surface area contributed by atoms with E-state index in [9.17, 15) is 24.5 Å². The molecule has 7 heteroatoms. The van der Waals surface area contributed by atoms with Gasteiger partial charge < -0.3 is 4.74 Å².